The first-order chi connectivity index (χ1) is 8.56. The van der Waals surface area contributed by atoms with E-state index in [1.807, 2.05) is 12.1 Å². The van der Waals surface area contributed by atoms with Crippen molar-refractivity contribution in [2.45, 2.75) is 31.2 Å². The van der Waals surface area contributed by atoms with E-state index in [0.29, 0.717) is 12.8 Å². The van der Waals surface area contributed by atoms with Crippen molar-refractivity contribution in [2.75, 3.05) is 18.6 Å². The van der Waals surface area contributed by atoms with Gasteiger partial charge in [-0.1, -0.05) is 0 Å². The minimum atomic E-state index is -0.484. The molecule has 0 bridgehead atoms. The fourth-order valence-corrected chi connectivity index (χ4v) is 2.52. The molecule has 100 valence electrons. The average Bonchev–Trinajstić information content (AvgIpc) is 2.92. The lowest BCUT2D eigenvalue weighted by Crippen LogP contribution is -2.48. The van der Waals surface area contributed by atoms with E-state index in [1.54, 1.807) is 18.1 Å². The summed E-state index contributed by atoms with van der Waals surface area (Å²) in [5.74, 6) is 0.950. The summed E-state index contributed by atoms with van der Waals surface area (Å²) < 4.78 is 0. The maximum Gasteiger partial charge on any atom is 0.230 e. The number of anilines is 1. The zero-order valence-corrected chi connectivity index (χ0v) is 10.7. The molecular weight excluding hydrogens is 230 g/mol. The topological polar surface area (TPSA) is 82.3 Å². The van der Waals surface area contributed by atoms with Crippen molar-refractivity contribution >= 4 is 11.7 Å². The van der Waals surface area contributed by atoms with E-state index in [0.717, 1.165) is 18.7 Å². The lowest BCUT2D eigenvalue weighted by molar-refractivity contribution is -0.123. The summed E-state index contributed by atoms with van der Waals surface area (Å²) in [6.07, 6.45) is 4.72. The smallest absolute Gasteiger partial charge is 0.230 e. The monoisotopic (exact) mass is 251 g/mol. The number of amides is 1. The number of hydrogen-bond acceptors (Lipinski definition) is 3. The van der Waals surface area contributed by atoms with E-state index in [2.05, 4.69) is 4.98 Å². The number of nitrogens with one attached hydrogen (secondary N) is 1. The number of carbonyl (C=O) groups excluding carboxylic acids is 1. The Balaban J connectivity index is 1.96. The fraction of sp³-hybridized carbons (Fsp3) is 0.615. The average molecular weight is 251 g/mol. The number of nitrogens with two attached hydrogens (primary N) is 1. The molecule has 1 aromatic rings. The Morgan fingerprint density at radius 3 is 2.78 bits per heavy atom. The van der Waals surface area contributed by atoms with Gasteiger partial charge >= 0.3 is 0 Å². The number of carbonyl (C=O) groups is 1. The van der Waals surface area contributed by atoms with Gasteiger partial charge in [-0.2, -0.15) is 0 Å². The Bertz CT molecular complexity index is 394. The third-order valence-electron chi connectivity index (χ3n) is 3.92. The molecule has 5 nitrogen and oxygen atoms in total. The minimum Gasteiger partial charge on any atom is -0.394 e. The molecule has 1 saturated carbocycles. The molecule has 1 aliphatic rings. The second kappa shape index (κ2) is 5.12. The van der Waals surface area contributed by atoms with Crippen LogP contribution >= 0.6 is 0 Å². The number of aliphatic hydroxyl groups excluding tert-OH is 1. The Hall–Kier alpha value is -1.33. The summed E-state index contributed by atoms with van der Waals surface area (Å²) in [5, 5.41) is 9.21. The highest BCUT2D eigenvalue weighted by atomic mass is 16.3. The molecule has 0 aromatic carbocycles. The Morgan fingerprint density at radius 2 is 2.28 bits per heavy atom. The molecule has 0 atom stereocenters. The largest absolute Gasteiger partial charge is 0.394 e. The maximum atomic E-state index is 12.3. The van der Waals surface area contributed by atoms with Crippen LogP contribution in [0.2, 0.25) is 0 Å². The van der Waals surface area contributed by atoms with Crippen LogP contribution in [0.15, 0.2) is 18.3 Å². The van der Waals surface area contributed by atoms with Gasteiger partial charge in [-0.05, 0) is 37.8 Å². The van der Waals surface area contributed by atoms with Gasteiger partial charge in [-0.25, -0.2) is 0 Å². The first-order valence-electron chi connectivity index (χ1n) is 6.36. The molecular formula is C13H21N3O2. The van der Waals surface area contributed by atoms with Crippen LogP contribution in [0.25, 0.3) is 0 Å². The van der Waals surface area contributed by atoms with Gasteiger partial charge in [0.15, 0.2) is 0 Å². The van der Waals surface area contributed by atoms with E-state index in [4.69, 9.17) is 5.73 Å². The lowest BCUT2D eigenvalue weighted by atomic mass is 9.77. The molecule has 0 aliphatic heterocycles. The maximum absolute atomic E-state index is 12.3. The molecule has 0 radical (unpaired) electrons. The number of nitrogens with zero attached hydrogens (tertiary/aromatic N) is 1. The predicted molar refractivity (Wildman–Crippen MR) is 70.2 cm³/mol. The van der Waals surface area contributed by atoms with E-state index in [1.165, 1.54) is 0 Å². The van der Waals surface area contributed by atoms with Crippen molar-refractivity contribution < 1.29 is 9.90 Å². The van der Waals surface area contributed by atoms with E-state index >= 15 is 0 Å². The highest BCUT2D eigenvalue weighted by molar-refractivity contribution is 5.93. The SMILES string of the molecule is CN(C(=O)C1CCC(N)(CO)CC1)c1ccc[nH]1. The highest BCUT2D eigenvalue weighted by Crippen LogP contribution is 2.31. The van der Waals surface area contributed by atoms with Gasteiger partial charge in [-0.3, -0.25) is 4.79 Å². The summed E-state index contributed by atoms with van der Waals surface area (Å²) in [5.41, 5.74) is 5.53. The molecule has 1 fully saturated rings. The molecule has 0 spiro atoms. The van der Waals surface area contributed by atoms with Crippen LogP contribution < -0.4 is 10.6 Å². The first-order valence-corrected chi connectivity index (χ1v) is 6.36. The number of aromatic amines is 1. The van der Waals surface area contributed by atoms with Crippen molar-refractivity contribution in [2.24, 2.45) is 11.7 Å². The fourth-order valence-electron chi connectivity index (χ4n) is 2.52. The van der Waals surface area contributed by atoms with Gasteiger partial charge in [-0.15, -0.1) is 0 Å². The van der Waals surface area contributed by atoms with E-state index < -0.39 is 5.54 Å². The van der Waals surface area contributed by atoms with E-state index in [-0.39, 0.29) is 18.4 Å². The Morgan fingerprint density at radius 1 is 1.61 bits per heavy atom. The van der Waals surface area contributed by atoms with Gasteiger partial charge < -0.3 is 20.7 Å². The second-order valence-electron chi connectivity index (χ2n) is 5.25. The van der Waals surface area contributed by atoms with Crippen LogP contribution in [0.1, 0.15) is 25.7 Å². The molecule has 18 heavy (non-hydrogen) atoms. The second-order valence-corrected chi connectivity index (χ2v) is 5.25. The summed E-state index contributed by atoms with van der Waals surface area (Å²) in [6, 6.07) is 3.75. The number of rotatable bonds is 3. The Labute approximate surface area is 107 Å². The van der Waals surface area contributed by atoms with Gasteiger partial charge in [0.25, 0.3) is 0 Å². The highest BCUT2D eigenvalue weighted by Gasteiger charge is 2.35. The molecule has 1 aromatic heterocycles. The summed E-state index contributed by atoms with van der Waals surface area (Å²) >= 11 is 0. The lowest BCUT2D eigenvalue weighted by Gasteiger charge is -2.36. The van der Waals surface area contributed by atoms with Crippen LogP contribution in [0.3, 0.4) is 0 Å². The molecule has 2 rings (SSSR count). The number of aromatic nitrogens is 1. The van der Waals surface area contributed by atoms with Crippen LogP contribution in [0.4, 0.5) is 5.82 Å². The quantitative estimate of drug-likeness (QED) is 0.745. The van der Waals surface area contributed by atoms with Gasteiger partial charge in [0.2, 0.25) is 5.91 Å². The molecule has 1 aliphatic carbocycles. The van der Waals surface area contributed by atoms with Crippen molar-refractivity contribution in [3.8, 4) is 0 Å². The van der Waals surface area contributed by atoms with Gasteiger partial charge in [0.1, 0.15) is 5.82 Å². The number of H-pyrrole nitrogens is 1. The molecule has 1 heterocycles. The van der Waals surface area contributed by atoms with Crippen LogP contribution in [-0.4, -0.2) is 35.2 Å². The molecule has 4 N–H and O–H groups in total. The Kier molecular flexibility index (Phi) is 3.73. The third kappa shape index (κ3) is 2.57. The summed E-state index contributed by atoms with van der Waals surface area (Å²) in [4.78, 5) is 17.0. The number of aliphatic hydroxyl groups is 1. The standard InChI is InChI=1S/C13H21N3O2/c1-16(11-3-2-8-15-11)12(18)10-4-6-13(14,9-17)7-5-10/h2-3,8,10,15,17H,4-7,9,14H2,1H3. The van der Waals surface area contributed by atoms with Crippen LogP contribution in [0, 0.1) is 5.92 Å². The minimum absolute atomic E-state index is 0.000375. The first kappa shape index (κ1) is 13.1. The summed E-state index contributed by atoms with van der Waals surface area (Å²) in [7, 11) is 1.78. The van der Waals surface area contributed by atoms with E-state index in [9.17, 15) is 9.90 Å². The molecule has 0 saturated heterocycles. The summed E-state index contributed by atoms with van der Waals surface area (Å²) in [6.45, 7) is 0.000375. The zero-order valence-electron chi connectivity index (χ0n) is 10.7. The van der Waals surface area contributed by atoms with Crippen molar-refractivity contribution in [1.29, 1.82) is 0 Å². The molecule has 5 heteroatoms. The van der Waals surface area contributed by atoms with Crippen LogP contribution in [0.5, 0.6) is 0 Å². The van der Waals surface area contributed by atoms with Crippen molar-refractivity contribution in [3.05, 3.63) is 18.3 Å². The number of hydrogen-bond donors (Lipinski definition) is 3. The van der Waals surface area contributed by atoms with Crippen molar-refractivity contribution in [3.63, 3.8) is 0 Å². The van der Waals surface area contributed by atoms with Gasteiger partial charge in [0.05, 0.1) is 6.61 Å². The van der Waals surface area contributed by atoms with Crippen molar-refractivity contribution in [1.82, 2.24) is 4.98 Å². The normalized spacial score (nSPS) is 28.1. The van der Waals surface area contributed by atoms with Gasteiger partial charge in [0, 0.05) is 24.7 Å². The molecule has 1 amide bonds. The van der Waals surface area contributed by atoms with Crippen LogP contribution in [-0.2, 0) is 4.79 Å². The predicted octanol–water partition coefficient (Wildman–Crippen LogP) is 0.857. The zero-order chi connectivity index (χ0) is 13.2. The third-order valence-corrected chi connectivity index (χ3v) is 3.92. The molecule has 0 unspecified atom stereocenters.